The molecule has 1 saturated carbocycles. The second kappa shape index (κ2) is 7.34. The fourth-order valence-corrected chi connectivity index (χ4v) is 3.96. The van der Waals surface area contributed by atoms with Crippen LogP contribution in [0, 0.1) is 5.82 Å². The maximum atomic E-state index is 13.3. The van der Waals surface area contributed by atoms with Crippen molar-refractivity contribution in [2.24, 2.45) is 0 Å². The molecule has 1 fully saturated rings. The van der Waals surface area contributed by atoms with Crippen LogP contribution < -0.4 is 11.2 Å². The van der Waals surface area contributed by atoms with Crippen molar-refractivity contribution >= 4 is 11.2 Å². The monoisotopic (exact) mass is 418 g/mol. The second-order valence-electron chi connectivity index (χ2n) is 8.44. The lowest BCUT2D eigenvalue weighted by Crippen LogP contribution is -2.39. The van der Waals surface area contributed by atoms with Crippen LogP contribution in [-0.4, -0.2) is 18.7 Å². The van der Waals surface area contributed by atoms with Gasteiger partial charge in [-0.25, -0.2) is 18.7 Å². The third-order valence-corrected chi connectivity index (χ3v) is 5.85. The van der Waals surface area contributed by atoms with Crippen molar-refractivity contribution in [1.82, 2.24) is 18.7 Å². The Morgan fingerprint density at radius 3 is 2.32 bits per heavy atom. The van der Waals surface area contributed by atoms with Gasteiger partial charge in [0, 0.05) is 12.6 Å². The first kappa shape index (κ1) is 19.5. The summed E-state index contributed by atoms with van der Waals surface area (Å²) < 4.78 is 17.9. The molecule has 158 valence electrons. The highest BCUT2D eigenvalue weighted by atomic mass is 19.1. The molecule has 0 unspecified atom stereocenters. The molecule has 2 aromatic carbocycles. The molecule has 6 nitrogen and oxygen atoms in total. The summed E-state index contributed by atoms with van der Waals surface area (Å²) in [6.07, 6.45) is 3.21. The normalized spacial score (nSPS) is 13.9. The average Bonchev–Trinajstić information content (AvgIpc) is 3.50. The van der Waals surface area contributed by atoms with Gasteiger partial charge in [0.15, 0.2) is 11.2 Å². The number of rotatable bonds is 5. The molecule has 0 spiro atoms. The van der Waals surface area contributed by atoms with E-state index in [1.54, 1.807) is 23.0 Å². The van der Waals surface area contributed by atoms with E-state index in [1.807, 2.05) is 24.3 Å². The maximum absolute atomic E-state index is 13.3. The summed E-state index contributed by atoms with van der Waals surface area (Å²) in [7, 11) is 0. The van der Waals surface area contributed by atoms with Crippen LogP contribution >= 0.6 is 0 Å². The molecule has 0 saturated heterocycles. The summed E-state index contributed by atoms with van der Waals surface area (Å²) >= 11 is 0. The van der Waals surface area contributed by atoms with Crippen molar-refractivity contribution < 1.29 is 4.39 Å². The first-order chi connectivity index (χ1) is 14.9. The molecule has 0 bridgehead atoms. The first-order valence-corrected chi connectivity index (χ1v) is 10.5. The number of halogens is 1. The minimum absolute atomic E-state index is 0.0697. The highest BCUT2D eigenvalue weighted by Crippen LogP contribution is 2.32. The van der Waals surface area contributed by atoms with Gasteiger partial charge in [-0.05, 0) is 54.2 Å². The predicted molar refractivity (Wildman–Crippen MR) is 117 cm³/mol. The minimum Gasteiger partial charge on any atom is -0.320 e. The molecular weight excluding hydrogens is 395 g/mol. The Morgan fingerprint density at radius 2 is 1.71 bits per heavy atom. The standard InChI is InChI=1S/C24H23FN4O2/c1-15(2)17-5-9-19(10-6-17)28-22-21(23(30)29(24(28)31)20-11-12-20)27(14-26-22)13-16-3-7-18(25)8-4-16/h3-10,14-15,20H,11-13H2,1-2H3. The highest BCUT2D eigenvalue weighted by Gasteiger charge is 2.30. The number of benzene rings is 2. The van der Waals surface area contributed by atoms with Crippen LogP contribution in [0.25, 0.3) is 16.9 Å². The molecule has 1 aliphatic rings. The van der Waals surface area contributed by atoms with E-state index in [-0.39, 0.29) is 23.1 Å². The minimum atomic E-state index is -0.357. The molecule has 0 atom stereocenters. The lowest BCUT2D eigenvalue weighted by Gasteiger charge is -2.13. The Bertz CT molecular complexity index is 1370. The fourth-order valence-electron chi connectivity index (χ4n) is 3.96. The predicted octanol–water partition coefficient (Wildman–Crippen LogP) is 3.99. The zero-order valence-electron chi connectivity index (χ0n) is 17.5. The van der Waals surface area contributed by atoms with Gasteiger partial charge in [-0.15, -0.1) is 0 Å². The van der Waals surface area contributed by atoms with Gasteiger partial charge in [0.2, 0.25) is 0 Å². The molecule has 31 heavy (non-hydrogen) atoms. The Morgan fingerprint density at radius 1 is 1.03 bits per heavy atom. The van der Waals surface area contributed by atoms with Gasteiger partial charge < -0.3 is 4.57 Å². The van der Waals surface area contributed by atoms with Crippen molar-refractivity contribution in [3.8, 4) is 5.69 Å². The lowest BCUT2D eigenvalue weighted by molar-refractivity contribution is 0.626. The van der Waals surface area contributed by atoms with E-state index in [0.29, 0.717) is 29.3 Å². The Kier molecular flexibility index (Phi) is 4.61. The average molecular weight is 418 g/mol. The van der Waals surface area contributed by atoms with E-state index in [0.717, 1.165) is 18.4 Å². The molecule has 4 aromatic rings. The van der Waals surface area contributed by atoms with Gasteiger partial charge in [-0.3, -0.25) is 9.36 Å². The van der Waals surface area contributed by atoms with Gasteiger partial charge >= 0.3 is 5.69 Å². The second-order valence-corrected chi connectivity index (χ2v) is 8.44. The van der Waals surface area contributed by atoms with Gasteiger partial charge in [0.25, 0.3) is 5.56 Å². The third-order valence-electron chi connectivity index (χ3n) is 5.85. The molecule has 2 aromatic heterocycles. The quantitative estimate of drug-likeness (QED) is 0.492. The molecule has 1 aliphatic carbocycles. The molecule has 5 rings (SSSR count). The summed E-state index contributed by atoms with van der Waals surface area (Å²) in [5.41, 5.74) is 2.74. The number of hydrogen-bond acceptors (Lipinski definition) is 3. The summed E-state index contributed by atoms with van der Waals surface area (Å²) in [6.45, 7) is 4.59. The Hall–Kier alpha value is -3.48. The molecule has 0 amide bonds. The topological polar surface area (TPSA) is 61.8 Å². The highest BCUT2D eigenvalue weighted by molar-refractivity contribution is 5.72. The van der Waals surface area contributed by atoms with E-state index >= 15 is 0 Å². The lowest BCUT2D eigenvalue weighted by atomic mass is 10.0. The Balaban J connectivity index is 1.72. The van der Waals surface area contributed by atoms with Crippen LogP contribution in [0.3, 0.4) is 0 Å². The smallest absolute Gasteiger partial charge is 0.320 e. The number of imidazole rings is 1. The maximum Gasteiger partial charge on any atom is 0.337 e. The summed E-state index contributed by atoms with van der Waals surface area (Å²) in [5.74, 6) is 0.0649. The van der Waals surface area contributed by atoms with Gasteiger partial charge in [-0.2, -0.15) is 0 Å². The Labute approximate surface area is 178 Å². The largest absolute Gasteiger partial charge is 0.337 e. The van der Waals surface area contributed by atoms with Crippen LogP contribution in [0.15, 0.2) is 64.4 Å². The number of hydrogen-bond donors (Lipinski definition) is 0. The molecule has 7 heteroatoms. The van der Waals surface area contributed by atoms with E-state index in [2.05, 4.69) is 18.8 Å². The third kappa shape index (κ3) is 3.40. The van der Waals surface area contributed by atoms with E-state index < -0.39 is 0 Å². The molecule has 2 heterocycles. The van der Waals surface area contributed by atoms with Crippen molar-refractivity contribution in [3.05, 3.63) is 92.6 Å². The zero-order valence-corrected chi connectivity index (χ0v) is 17.5. The zero-order chi connectivity index (χ0) is 21.7. The SMILES string of the molecule is CC(C)c1ccc(-n2c(=O)n(C3CC3)c(=O)c3c2ncn3Cc2ccc(F)cc2)cc1. The molecule has 0 radical (unpaired) electrons. The van der Waals surface area contributed by atoms with Crippen molar-refractivity contribution in [2.75, 3.05) is 0 Å². The fraction of sp³-hybridized carbons (Fsp3) is 0.292. The van der Waals surface area contributed by atoms with Crippen LogP contribution in [0.1, 0.15) is 49.8 Å². The van der Waals surface area contributed by atoms with Gasteiger partial charge in [0.05, 0.1) is 12.0 Å². The van der Waals surface area contributed by atoms with E-state index in [4.69, 9.17) is 0 Å². The number of aromatic nitrogens is 4. The van der Waals surface area contributed by atoms with Crippen molar-refractivity contribution in [2.45, 2.75) is 45.2 Å². The van der Waals surface area contributed by atoms with Crippen LogP contribution in [0.4, 0.5) is 4.39 Å². The van der Waals surface area contributed by atoms with Crippen LogP contribution in [0.2, 0.25) is 0 Å². The van der Waals surface area contributed by atoms with E-state index in [9.17, 15) is 14.0 Å². The number of fused-ring (bicyclic) bond motifs is 1. The van der Waals surface area contributed by atoms with Crippen molar-refractivity contribution in [1.29, 1.82) is 0 Å². The van der Waals surface area contributed by atoms with Crippen LogP contribution in [-0.2, 0) is 6.54 Å². The van der Waals surface area contributed by atoms with Crippen LogP contribution in [0.5, 0.6) is 0 Å². The van der Waals surface area contributed by atoms with Crippen molar-refractivity contribution in [3.63, 3.8) is 0 Å². The molecule has 0 aliphatic heterocycles. The molecule has 0 N–H and O–H groups in total. The molecular formula is C24H23FN4O2. The van der Waals surface area contributed by atoms with Gasteiger partial charge in [0.1, 0.15) is 5.82 Å². The summed E-state index contributed by atoms with van der Waals surface area (Å²) in [5, 5.41) is 0. The summed E-state index contributed by atoms with van der Waals surface area (Å²) in [4.78, 5) is 31.1. The number of nitrogens with zero attached hydrogens (tertiary/aromatic N) is 4. The summed E-state index contributed by atoms with van der Waals surface area (Å²) in [6, 6.07) is 13.9. The van der Waals surface area contributed by atoms with E-state index in [1.165, 1.54) is 26.8 Å². The first-order valence-electron chi connectivity index (χ1n) is 10.5. The van der Waals surface area contributed by atoms with Gasteiger partial charge in [-0.1, -0.05) is 38.1 Å².